The van der Waals surface area contributed by atoms with Crippen molar-refractivity contribution in [1.82, 2.24) is 0 Å². The monoisotopic (exact) mass is 444 g/mol. The van der Waals surface area contributed by atoms with Gasteiger partial charge in [-0.2, -0.15) is 29.8 Å². The molecule has 160 valence electrons. The molecule has 0 unspecified atom stereocenters. The average molecular weight is 445 g/mol. The second kappa shape index (κ2) is 14.4. The standard InChI is InChI=1S/C18H33O2Si.C6H7.Fe/c1-18(2,3)21(4,5)20-15-11-7-6-10-14-19-16-17-12-8-9-13-17;1-6-4-2-3-5-6;/h8-9,12-13H,6-7,10-11,14-16H2,1-5H3;2-5H,1H3;/q2*-1;+2. The van der Waals surface area contributed by atoms with Gasteiger partial charge in [0.2, 0.25) is 0 Å². The minimum absolute atomic E-state index is 0. The van der Waals surface area contributed by atoms with Crippen LogP contribution < -0.4 is 0 Å². The van der Waals surface area contributed by atoms with Crippen LogP contribution in [0.1, 0.15) is 57.6 Å². The van der Waals surface area contributed by atoms with E-state index in [9.17, 15) is 0 Å². The third-order valence-corrected chi connectivity index (χ3v) is 9.82. The number of aryl methyl sites for hydroxylation is 1. The molecule has 0 aliphatic heterocycles. The third kappa shape index (κ3) is 12.0. The van der Waals surface area contributed by atoms with E-state index < -0.39 is 8.32 Å². The van der Waals surface area contributed by atoms with E-state index in [2.05, 4.69) is 77.2 Å². The number of hydrogen-bond donors (Lipinski definition) is 0. The first kappa shape index (κ1) is 27.4. The van der Waals surface area contributed by atoms with Crippen molar-refractivity contribution in [3.8, 4) is 0 Å². The summed E-state index contributed by atoms with van der Waals surface area (Å²) in [7, 11) is -1.54. The molecule has 0 N–H and O–H groups in total. The molecule has 0 spiro atoms. The van der Waals surface area contributed by atoms with Gasteiger partial charge in [-0.15, -0.1) is 5.56 Å². The van der Waals surface area contributed by atoms with Crippen LogP contribution >= 0.6 is 0 Å². The summed E-state index contributed by atoms with van der Waals surface area (Å²) in [4.78, 5) is 0. The minimum atomic E-state index is -1.54. The van der Waals surface area contributed by atoms with E-state index in [4.69, 9.17) is 9.16 Å². The molecule has 28 heavy (non-hydrogen) atoms. The molecule has 0 heterocycles. The zero-order valence-electron chi connectivity index (χ0n) is 18.7. The summed E-state index contributed by atoms with van der Waals surface area (Å²) in [6.07, 6.45) is 4.81. The van der Waals surface area contributed by atoms with Gasteiger partial charge in [0.05, 0.1) is 0 Å². The van der Waals surface area contributed by atoms with E-state index >= 15 is 0 Å². The molecule has 0 fully saturated rings. The maximum atomic E-state index is 6.18. The van der Waals surface area contributed by atoms with Crippen LogP contribution in [-0.4, -0.2) is 21.5 Å². The van der Waals surface area contributed by atoms with E-state index in [-0.39, 0.29) is 17.1 Å². The molecule has 4 heteroatoms. The zero-order valence-corrected chi connectivity index (χ0v) is 20.8. The van der Waals surface area contributed by atoms with Crippen molar-refractivity contribution < 1.29 is 26.2 Å². The summed E-state index contributed by atoms with van der Waals surface area (Å²) in [5, 5.41) is 0.321. The second-order valence-corrected chi connectivity index (χ2v) is 13.6. The van der Waals surface area contributed by atoms with Crippen molar-refractivity contribution in [3.63, 3.8) is 0 Å². The van der Waals surface area contributed by atoms with Crippen molar-refractivity contribution in [2.24, 2.45) is 0 Å². The molecule has 0 radical (unpaired) electrons. The Morgan fingerprint density at radius 1 is 0.893 bits per heavy atom. The van der Waals surface area contributed by atoms with E-state index in [0.29, 0.717) is 5.04 Å². The SMILES string of the molecule is CC(C)(C)[Si](C)(C)OCCCCCCOCc1ccc[cH-]1.Cc1ccc[cH-]1.[Fe+2]. The van der Waals surface area contributed by atoms with Crippen molar-refractivity contribution >= 4 is 8.32 Å². The molecule has 0 aromatic heterocycles. The summed E-state index contributed by atoms with van der Waals surface area (Å²) in [5.41, 5.74) is 2.62. The minimum Gasteiger partial charge on any atom is -0.417 e. The first-order valence-corrected chi connectivity index (χ1v) is 13.2. The van der Waals surface area contributed by atoms with Gasteiger partial charge in [-0.3, -0.25) is 0 Å². The molecule has 0 atom stereocenters. The smallest absolute Gasteiger partial charge is 0.417 e. The summed E-state index contributed by atoms with van der Waals surface area (Å²) in [5.74, 6) is 0. The van der Waals surface area contributed by atoms with Gasteiger partial charge in [-0.05, 0) is 31.0 Å². The van der Waals surface area contributed by atoms with Crippen LogP contribution in [0.4, 0.5) is 0 Å². The number of unbranched alkanes of at least 4 members (excludes halogenated alkanes) is 3. The van der Waals surface area contributed by atoms with Crippen LogP contribution in [0.5, 0.6) is 0 Å². The number of hydrogen-bond acceptors (Lipinski definition) is 2. The van der Waals surface area contributed by atoms with Gasteiger partial charge in [0.15, 0.2) is 8.32 Å². The van der Waals surface area contributed by atoms with Crippen LogP contribution in [0.2, 0.25) is 18.1 Å². The van der Waals surface area contributed by atoms with Crippen LogP contribution in [0.25, 0.3) is 0 Å². The Morgan fingerprint density at radius 2 is 1.50 bits per heavy atom. The van der Waals surface area contributed by atoms with E-state index in [1.807, 2.05) is 12.1 Å². The fourth-order valence-corrected chi connectivity index (χ4v) is 3.46. The summed E-state index contributed by atoms with van der Waals surface area (Å²) < 4.78 is 11.8. The predicted molar refractivity (Wildman–Crippen MR) is 120 cm³/mol. The van der Waals surface area contributed by atoms with Crippen LogP contribution in [0.15, 0.2) is 48.5 Å². The molecular formula is C24H40FeO2Si. The van der Waals surface area contributed by atoms with Crippen LogP contribution in [-0.2, 0) is 32.8 Å². The average Bonchev–Trinajstić information content (AvgIpc) is 3.26. The quantitative estimate of drug-likeness (QED) is 0.219. The van der Waals surface area contributed by atoms with Gasteiger partial charge in [0.25, 0.3) is 0 Å². The second-order valence-electron chi connectivity index (χ2n) is 8.83. The van der Waals surface area contributed by atoms with Crippen LogP contribution in [0.3, 0.4) is 0 Å². The Kier molecular flexibility index (Phi) is 14.0. The van der Waals surface area contributed by atoms with Gasteiger partial charge in [-0.1, -0.05) is 40.5 Å². The molecule has 0 aliphatic carbocycles. The molecule has 2 rings (SSSR count). The molecule has 0 saturated carbocycles. The topological polar surface area (TPSA) is 18.5 Å². The van der Waals surface area contributed by atoms with Gasteiger partial charge in [-0.25, -0.2) is 24.3 Å². The molecule has 0 bridgehead atoms. The Labute approximate surface area is 185 Å². The Bertz CT molecular complexity index is 568. The summed E-state index contributed by atoms with van der Waals surface area (Å²) >= 11 is 0. The fourth-order valence-electron chi connectivity index (χ4n) is 2.37. The fraction of sp³-hybridized carbons (Fsp3) is 0.583. The maximum absolute atomic E-state index is 6.18. The molecule has 0 amide bonds. The third-order valence-electron chi connectivity index (χ3n) is 5.28. The first-order valence-electron chi connectivity index (χ1n) is 10.3. The van der Waals surface area contributed by atoms with Gasteiger partial charge >= 0.3 is 17.1 Å². The zero-order chi connectivity index (χ0) is 20.2. The molecular weight excluding hydrogens is 404 g/mol. The first-order chi connectivity index (χ1) is 12.7. The molecule has 0 aliphatic rings. The number of ether oxygens (including phenoxy) is 1. The summed E-state index contributed by atoms with van der Waals surface area (Å²) in [6, 6.07) is 16.6. The van der Waals surface area contributed by atoms with Crippen molar-refractivity contribution in [3.05, 3.63) is 59.7 Å². The predicted octanol–water partition coefficient (Wildman–Crippen LogP) is 7.22. The molecule has 2 aromatic rings. The Hall–Kier alpha value is -0.644. The molecule has 2 aromatic carbocycles. The van der Waals surface area contributed by atoms with Crippen molar-refractivity contribution in [2.75, 3.05) is 13.2 Å². The van der Waals surface area contributed by atoms with E-state index in [0.717, 1.165) is 26.2 Å². The summed E-state index contributed by atoms with van der Waals surface area (Å²) in [6.45, 7) is 16.2. The van der Waals surface area contributed by atoms with Gasteiger partial charge in [0, 0.05) is 19.8 Å². The Morgan fingerprint density at radius 3 is 1.96 bits per heavy atom. The normalized spacial score (nSPS) is 11.5. The van der Waals surface area contributed by atoms with Crippen LogP contribution in [0, 0.1) is 6.92 Å². The van der Waals surface area contributed by atoms with E-state index in [1.54, 1.807) is 0 Å². The number of rotatable bonds is 10. The molecule has 2 nitrogen and oxygen atoms in total. The van der Waals surface area contributed by atoms with Gasteiger partial charge in [0.1, 0.15) is 0 Å². The van der Waals surface area contributed by atoms with Crippen molar-refractivity contribution in [1.29, 1.82) is 0 Å². The maximum Gasteiger partial charge on any atom is 2.00 e. The van der Waals surface area contributed by atoms with Crippen molar-refractivity contribution in [2.45, 2.75) is 78.1 Å². The largest absolute Gasteiger partial charge is 2.00 e. The molecule has 0 saturated heterocycles. The Balaban J connectivity index is 0.000000884. The van der Waals surface area contributed by atoms with E-state index in [1.165, 1.54) is 30.4 Å². The van der Waals surface area contributed by atoms with Gasteiger partial charge < -0.3 is 9.16 Å².